The number of halogens is 3. The van der Waals surface area contributed by atoms with E-state index >= 15 is 0 Å². The average Bonchev–Trinajstić information content (AvgIpc) is 2.27. The van der Waals surface area contributed by atoms with Crippen molar-refractivity contribution in [2.75, 3.05) is 0 Å². The van der Waals surface area contributed by atoms with E-state index in [0.29, 0.717) is 5.92 Å². The first-order valence-electron chi connectivity index (χ1n) is 4.66. The molecule has 1 fully saturated rings. The molecule has 4 heteroatoms. The zero-order chi connectivity index (χ0) is 10.1. The van der Waals surface area contributed by atoms with Crippen LogP contribution in [0.5, 0.6) is 0 Å². The van der Waals surface area contributed by atoms with Gasteiger partial charge in [0.25, 0.3) is 0 Å². The summed E-state index contributed by atoms with van der Waals surface area (Å²) in [7, 11) is 0. The molecule has 0 saturated heterocycles. The highest BCUT2D eigenvalue weighted by molar-refractivity contribution is 4.92. The van der Waals surface area contributed by atoms with Gasteiger partial charge in [-0.3, -0.25) is 0 Å². The van der Waals surface area contributed by atoms with E-state index in [1.165, 1.54) is 0 Å². The minimum atomic E-state index is -4.06. The van der Waals surface area contributed by atoms with Crippen molar-refractivity contribution in [1.82, 2.24) is 0 Å². The summed E-state index contributed by atoms with van der Waals surface area (Å²) in [5.41, 5.74) is 5.31. The molecule has 0 aromatic carbocycles. The second-order valence-electron chi connectivity index (χ2n) is 4.33. The van der Waals surface area contributed by atoms with Crippen molar-refractivity contribution in [3.63, 3.8) is 0 Å². The summed E-state index contributed by atoms with van der Waals surface area (Å²) in [6, 6.07) is 0. The lowest BCUT2D eigenvalue weighted by Gasteiger charge is -2.24. The van der Waals surface area contributed by atoms with E-state index in [-0.39, 0.29) is 6.42 Å². The van der Waals surface area contributed by atoms with E-state index in [1.54, 1.807) is 0 Å². The predicted octanol–water partition coefficient (Wildman–Crippen LogP) is 2.85. The second kappa shape index (κ2) is 3.48. The molecule has 1 rings (SSSR count). The Labute approximate surface area is 76.5 Å². The lowest BCUT2D eigenvalue weighted by atomic mass is 9.92. The van der Waals surface area contributed by atoms with Crippen molar-refractivity contribution >= 4 is 0 Å². The zero-order valence-electron chi connectivity index (χ0n) is 7.82. The van der Waals surface area contributed by atoms with E-state index in [0.717, 1.165) is 19.3 Å². The lowest BCUT2D eigenvalue weighted by molar-refractivity contribution is -0.138. The van der Waals surface area contributed by atoms with Crippen LogP contribution in [0, 0.1) is 5.92 Å². The van der Waals surface area contributed by atoms with Crippen LogP contribution in [0.4, 0.5) is 13.2 Å². The van der Waals surface area contributed by atoms with Crippen LogP contribution < -0.4 is 5.73 Å². The SMILES string of the molecule is CC1CCC(N)(CCC(F)(F)F)C1. The first kappa shape index (κ1) is 10.8. The predicted molar refractivity (Wildman–Crippen MR) is 45.2 cm³/mol. The normalized spacial score (nSPS) is 35.3. The molecule has 2 unspecified atom stereocenters. The van der Waals surface area contributed by atoms with Gasteiger partial charge >= 0.3 is 6.18 Å². The fraction of sp³-hybridized carbons (Fsp3) is 1.00. The van der Waals surface area contributed by atoms with E-state index in [4.69, 9.17) is 5.73 Å². The molecule has 78 valence electrons. The van der Waals surface area contributed by atoms with E-state index in [1.807, 2.05) is 6.92 Å². The fourth-order valence-electron chi connectivity index (χ4n) is 2.05. The Morgan fingerprint density at radius 1 is 1.46 bits per heavy atom. The van der Waals surface area contributed by atoms with Crippen LogP contribution in [0.15, 0.2) is 0 Å². The first-order valence-corrected chi connectivity index (χ1v) is 4.66. The van der Waals surface area contributed by atoms with Crippen LogP contribution in [0.3, 0.4) is 0 Å². The molecule has 2 atom stereocenters. The van der Waals surface area contributed by atoms with Gasteiger partial charge in [0.05, 0.1) is 0 Å². The number of alkyl halides is 3. The van der Waals surface area contributed by atoms with E-state index in [2.05, 4.69) is 0 Å². The van der Waals surface area contributed by atoms with Crippen molar-refractivity contribution in [1.29, 1.82) is 0 Å². The number of hydrogen-bond acceptors (Lipinski definition) is 1. The highest BCUT2D eigenvalue weighted by Crippen LogP contribution is 2.37. The lowest BCUT2D eigenvalue weighted by Crippen LogP contribution is -2.37. The molecule has 0 radical (unpaired) electrons. The van der Waals surface area contributed by atoms with Crippen molar-refractivity contribution in [3.8, 4) is 0 Å². The Hall–Kier alpha value is -0.250. The van der Waals surface area contributed by atoms with E-state index < -0.39 is 18.1 Å². The Balaban J connectivity index is 2.36. The van der Waals surface area contributed by atoms with Crippen LogP contribution in [0.25, 0.3) is 0 Å². The van der Waals surface area contributed by atoms with Gasteiger partial charge < -0.3 is 5.73 Å². The summed E-state index contributed by atoms with van der Waals surface area (Å²) in [5.74, 6) is 0.484. The summed E-state index contributed by atoms with van der Waals surface area (Å²) in [6.45, 7) is 2.04. The minimum absolute atomic E-state index is 0.0842. The summed E-state index contributed by atoms with van der Waals surface area (Å²) in [4.78, 5) is 0. The van der Waals surface area contributed by atoms with Gasteiger partial charge in [-0.05, 0) is 31.6 Å². The minimum Gasteiger partial charge on any atom is -0.325 e. The first-order chi connectivity index (χ1) is 5.81. The third kappa shape index (κ3) is 3.55. The maximum atomic E-state index is 11.9. The molecule has 0 aliphatic heterocycles. The number of hydrogen-bond donors (Lipinski definition) is 1. The Bertz CT molecular complexity index is 178. The van der Waals surface area contributed by atoms with Gasteiger partial charge in [0.15, 0.2) is 0 Å². The van der Waals surface area contributed by atoms with Crippen molar-refractivity contribution in [2.24, 2.45) is 11.7 Å². The molecule has 13 heavy (non-hydrogen) atoms. The van der Waals surface area contributed by atoms with Crippen molar-refractivity contribution in [3.05, 3.63) is 0 Å². The topological polar surface area (TPSA) is 26.0 Å². The van der Waals surface area contributed by atoms with Gasteiger partial charge in [0.2, 0.25) is 0 Å². The third-order valence-corrected chi connectivity index (χ3v) is 2.80. The summed E-state index contributed by atoms with van der Waals surface area (Å²) in [5, 5.41) is 0. The second-order valence-corrected chi connectivity index (χ2v) is 4.33. The monoisotopic (exact) mass is 195 g/mol. The maximum absolute atomic E-state index is 11.9. The molecule has 1 nitrogen and oxygen atoms in total. The number of nitrogens with two attached hydrogens (primary N) is 1. The average molecular weight is 195 g/mol. The van der Waals surface area contributed by atoms with Crippen molar-refractivity contribution < 1.29 is 13.2 Å². The van der Waals surface area contributed by atoms with Gasteiger partial charge in [0, 0.05) is 12.0 Å². The van der Waals surface area contributed by atoms with Crippen molar-refractivity contribution in [2.45, 2.75) is 50.7 Å². The summed E-state index contributed by atoms with van der Waals surface area (Å²) in [6.07, 6.45) is -2.27. The molecule has 0 aromatic heterocycles. The third-order valence-electron chi connectivity index (χ3n) is 2.80. The fourth-order valence-corrected chi connectivity index (χ4v) is 2.05. The zero-order valence-corrected chi connectivity index (χ0v) is 7.82. The Kier molecular flexibility index (Phi) is 2.90. The summed E-state index contributed by atoms with van der Waals surface area (Å²) >= 11 is 0. The van der Waals surface area contributed by atoms with Crippen LogP contribution in [-0.2, 0) is 0 Å². The van der Waals surface area contributed by atoms with Crippen LogP contribution in [0.2, 0.25) is 0 Å². The summed E-state index contributed by atoms with van der Waals surface area (Å²) < 4.78 is 35.8. The van der Waals surface area contributed by atoms with Gasteiger partial charge in [-0.1, -0.05) is 6.92 Å². The molecule has 0 bridgehead atoms. The Morgan fingerprint density at radius 3 is 2.46 bits per heavy atom. The molecule has 0 amide bonds. The Morgan fingerprint density at radius 2 is 2.08 bits per heavy atom. The van der Waals surface area contributed by atoms with Gasteiger partial charge in [0.1, 0.15) is 0 Å². The molecular weight excluding hydrogens is 179 g/mol. The standard InChI is InChI=1S/C9H16F3N/c1-7-2-3-8(13,6-7)4-5-9(10,11)12/h7H,2-6,13H2,1H3. The molecule has 0 heterocycles. The molecule has 1 aliphatic carbocycles. The molecule has 0 aromatic rings. The molecule has 0 spiro atoms. The van der Waals surface area contributed by atoms with Gasteiger partial charge in [-0.25, -0.2) is 0 Å². The molecule has 1 aliphatic rings. The smallest absolute Gasteiger partial charge is 0.325 e. The van der Waals surface area contributed by atoms with Crippen LogP contribution in [-0.4, -0.2) is 11.7 Å². The van der Waals surface area contributed by atoms with E-state index in [9.17, 15) is 13.2 Å². The quantitative estimate of drug-likeness (QED) is 0.720. The van der Waals surface area contributed by atoms with Gasteiger partial charge in [-0.2, -0.15) is 13.2 Å². The molecular formula is C9H16F3N. The number of rotatable bonds is 2. The molecule has 1 saturated carbocycles. The molecule has 2 N–H and O–H groups in total. The van der Waals surface area contributed by atoms with Crippen LogP contribution >= 0.6 is 0 Å². The largest absolute Gasteiger partial charge is 0.389 e. The van der Waals surface area contributed by atoms with Gasteiger partial charge in [-0.15, -0.1) is 0 Å². The maximum Gasteiger partial charge on any atom is 0.389 e. The highest BCUT2D eigenvalue weighted by Gasteiger charge is 2.37. The highest BCUT2D eigenvalue weighted by atomic mass is 19.4. The van der Waals surface area contributed by atoms with Crippen LogP contribution in [0.1, 0.15) is 39.0 Å².